The minimum Gasteiger partial charge on any atom is -0.319 e. The molecule has 0 radical (unpaired) electrons. The lowest BCUT2D eigenvalue weighted by Gasteiger charge is -2.10. The van der Waals surface area contributed by atoms with E-state index in [1.807, 2.05) is 6.07 Å². The number of fused-ring (bicyclic) bond motifs is 1. The van der Waals surface area contributed by atoms with Crippen LogP contribution in [-0.4, -0.2) is 11.5 Å². The molecule has 0 bridgehead atoms. The van der Waals surface area contributed by atoms with E-state index in [-0.39, 0.29) is 17.4 Å². The lowest BCUT2D eigenvalue weighted by atomic mass is 10.0. The van der Waals surface area contributed by atoms with Gasteiger partial charge in [0.25, 0.3) is 5.56 Å². The molecule has 0 aliphatic carbocycles. The normalized spacial score (nSPS) is 19.9. The molecular formula is C13H13FN2O. The molecule has 1 aromatic carbocycles. The molecule has 0 saturated carbocycles. The maximum Gasteiger partial charge on any atom is 0.253 e. The SMILES string of the molecule is O=c1[nH]c2c(F)cccc2cc1C1CCCN1. The first kappa shape index (κ1) is 10.5. The van der Waals surface area contributed by atoms with Crippen molar-refractivity contribution < 1.29 is 4.39 Å². The Labute approximate surface area is 97.7 Å². The highest BCUT2D eigenvalue weighted by molar-refractivity contribution is 5.79. The molecule has 4 heteroatoms. The fourth-order valence-corrected chi connectivity index (χ4v) is 2.42. The van der Waals surface area contributed by atoms with Crippen LogP contribution in [-0.2, 0) is 0 Å². The van der Waals surface area contributed by atoms with Crippen LogP contribution in [0, 0.1) is 5.82 Å². The minimum absolute atomic E-state index is 0.103. The van der Waals surface area contributed by atoms with Crippen molar-refractivity contribution in [2.24, 2.45) is 0 Å². The van der Waals surface area contributed by atoms with Crippen LogP contribution in [0.4, 0.5) is 4.39 Å². The summed E-state index contributed by atoms with van der Waals surface area (Å²) in [7, 11) is 0. The zero-order valence-corrected chi connectivity index (χ0v) is 9.29. The Balaban J connectivity index is 2.20. The number of rotatable bonds is 1. The summed E-state index contributed by atoms with van der Waals surface area (Å²) in [5.74, 6) is -0.384. The predicted octanol–water partition coefficient (Wildman–Crippen LogP) is 2.09. The molecule has 17 heavy (non-hydrogen) atoms. The summed E-state index contributed by atoms with van der Waals surface area (Å²) in [6, 6.07) is 6.71. The number of hydrogen-bond donors (Lipinski definition) is 2. The summed E-state index contributed by atoms with van der Waals surface area (Å²) in [5.41, 5.74) is 0.807. The zero-order valence-electron chi connectivity index (χ0n) is 9.29. The van der Waals surface area contributed by atoms with Gasteiger partial charge in [0.15, 0.2) is 0 Å². The third-order valence-corrected chi connectivity index (χ3v) is 3.29. The largest absolute Gasteiger partial charge is 0.319 e. The minimum atomic E-state index is -0.384. The monoisotopic (exact) mass is 232 g/mol. The van der Waals surface area contributed by atoms with Crippen LogP contribution in [0.3, 0.4) is 0 Å². The van der Waals surface area contributed by atoms with E-state index in [2.05, 4.69) is 10.3 Å². The average molecular weight is 232 g/mol. The fourth-order valence-electron chi connectivity index (χ4n) is 2.42. The van der Waals surface area contributed by atoms with Crippen LogP contribution in [0.25, 0.3) is 10.9 Å². The van der Waals surface area contributed by atoms with E-state index < -0.39 is 0 Å². The molecule has 2 aromatic rings. The average Bonchev–Trinajstić information content (AvgIpc) is 2.83. The van der Waals surface area contributed by atoms with Crippen LogP contribution < -0.4 is 10.9 Å². The quantitative estimate of drug-likeness (QED) is 0.790. The highest BCUT2D eigenvalue weighted by Crippen LogP contribution is 2.23. The van der Waals surface area contributed by atoms with Crippen LogP contribution in [0.5, 0.6) is 0 Å². The van der Waals surface area contributed by atoms with Gasteiger partial charge in [-0.3, -0.25) is 4.79 Å². The van der Waals surface area contributed by atoms with Crippen LogP contribution in [0.1, 0.15) is 24.4 Å². The van der Waals surface area contributed by atoms with Crippen molar-refractivity contribution in [3.05, 3.63) is 46.0 Å². The smallest absolute Gasteiger partial charge is 0.253 e. The third-order valence-electron chi connectivity index (χ3n) is 3.29. The van der Waals surface area contributed by atoms with Gasteiger partial charge in [0.1, 0.15) is 5.82 Å². The van der Waals surface area contributed by atoms with E-state index in [0.717, 1.165) is 24.8 Å². The first-order chi connectivity index (χ1) is 8.25. The van der Waals surface area contributed by atoms with Gasteiger partial charge in [-0.05, 0) is 31.5 Å². The standard InChI is InChI=1S/C13H13FN2O/c14-10-4-1-3-8-7-9(11-5-2-6-15-11)13(17)16-12(8)10/h1,3-4,7,11,15H,2,5-6H2,(H,16,17). The first-order valence-corrected chi connectivity index (χ1v) is 5.80. The number of pyridine rings is 1. The van der Waals surface area contributed by atoms with Crippen molar-refractivity contribution >= 4 is 10.9 Å². The fraction of sp³-hybridized carbons (Fsp3) is 0.308. The van der Waals surface area contributed by atoms with E-state index in [9.17, 15) is 9.18 Å². The topological polar surface area (TPSA) is 44.9 Å². The van der Waals surface area contributed by atoms with Crippen molar-refractivity contribution in [2.45, 2.75) is 18.9 Å². The van der Waals surface area contributed by atoms with Gasteiger partial charge in [-0.15, -0.1) is 0 Å². The lowest BCUT2D eigenvalue weighted by Crippen LogP contribution is -2.22. The van der Waals surface area contributed by atoms with E-state index in [4.69, 9.17) is 0 Å². The van der Waals surface area contributed by atoms with Crippen molar-refractivity contribution in [1.82, 2.24) is 10.3 Å². The Bertz CT molecular complexity index is 614. The third kappa shape index (κ3) is 1.74. The van der Waals surface area contributed by atoms with Gasteiger partial charge < -0.3 is 10.3 Å². The molecule has 3 rings (SSSR count). The number of hydrogen-bond acceptors (Lipinski definition) is 2. The molecule has 1 unspecified atom stereocenters. The summed E-state index contributed by atoms with van der Waals surface area (Å²) in [4.78, 5) is 14.5. The van der Waals surface area contributed by atoms with Crippen molar-refractivity contribution in [2.75, 3.05) is 6.54 Å². The molecular weight excluding hydrogens is 219 g/mol. The predicted molar refractivity (Wildman–Crippen MR) is 64.5 cm³/mol. The summed E-state index contributed by atoms with van der Waals surface area (Å²) in [6.45, 7) is 0.936. The Hall–Kier alpha value is -1.68. The number of para-hydroxylation sites is 1. The number of halogens is 1. The summed E-state index contributed by atoms with van der Waals surface area (Å²) in [5, 5.41) is 4.02. The molecule has 1 aromatic heterocycles. The Kier molecular flexibility index (Phi) is 2.44. The molecule has 2 N–H and O–H groups in total. The molecule has 1 atom stereocenters. The van der Waals surface area contributed by atoms with Crippen LogP contribution >= 0.6 is 0 Å². The van der Waals surface area contributed by atoms with Gasteiger partial charge >= 0.3 is 0 Å². The van der Waals surface area contributed by atoms with Crippen molar-refractivity contribution in [1.29, 1.82) is 0 Å². The maximum absolute atomic E-state index is 13.5. The number of aromatic amines is 1. The summed E-state index contributed by atoms with van der Waals surface area (Å²) >= 11 is 0. The first-order valence-electron chi connectivity index (χ1n) is 5.80. The van der Waals surface area contributed by atoms with Crippen molar-refractivity contribution in [3.63, 3.8) is 0 Å². The van der Waals surface area contributed by atoms with E-state index in [1.165, 1.54) is 6.07 Å². The molecule has 1 fully saturated rings. The second kappa shape index (κ2) is 3.96. The van der Waals surface area contributed by atoms with Crippen molar-refractivity contribution in [3.8, 4) is 0 Å². The number of benzene rings is 1. The molecule has 1 aliphatic rings. The molecule has 88 valence electrons. The maximum atomic E-state index is 13.5. The number of aromatic nitrogens is 1. The van der Waals surface area contributed by atoms with Gasteiger partial charge in [0, 0.05) is 17.0 Å². The molecule has 1 aliphatic heterocycles. The number of nitrogens with one attached hydrogen (secondary N) is 2. The molecule has 1 saturated heterocycles. The second-order valence-electron chi connectivity index (χ2n) is 4.41. The van der Waals surface area contributed by atoms with Gasteiger partial charge in [-0.2, -0.15) is 0 Å². The second-order valence-corrected chi connectivity index (χ2v) is 4.41. The summed E-state index contributed by atoms with van der Waals surface area (Å²) in [6.07, 6.45) is 2.04. The highest BCUT2D eigenvalue weighted by atomic mass is 19.1. The van der Waals surface area contributed by atoms with Gasteiger partial charge in [0.2, 0.25) is 0 Å². The van der Waals surface area contributed by atoms with E-state index >= 15 is 0 Å². The summed E-state index contributed by atoms with van der Waals surface area (Å²) < 4.78 is 13.5. The highest BCUT2D eigenvalue weighted by Gasteiger charge is 2.19. The Morgan fingerprint density at radius 1 is 1.35 bits per heavy atom. The molecule has 0 amide bonds. The Morgan fingerprint density at radius 2 is 2.24 bits per heavy atom. The van der Waals surface area contributed by atoms with Gasteiger partial charge in [-0.1, -0.05) is 12.1 Å². The molecule has 3 nitrogen and oxygen atoms in total. The number of H-pyrrole nitrogens is 1. The lowest BCUT2D eigenvalue weighted by molar-refractivity contribution is 0.630. The van der Waals surface area contributed by atoms with E-state index in [1.54, 1.807) is 12.1 Å². The van der Waals surface area contributed by atoms with Gasteiger partial charge in [-0.25, -0.2) is 4.39 Å². The zero-order chi connectivity index (χ0) is 11.8. The van der Waals surface area contributed by atoms with Crippen LogP contribution in [0.2, 0.25) is 0 Å². The molecule has 0 spiro atoms. The van der Waals surface area contributed by atoms with Crippen LogP contribution in [0.15, 0.2) is 29.1 Å². The Morgan fingerprint density at radius 3 is 3.00 bits per heavy atom. The van der Waals surface area contributed by atoms with Gasteiger partial charge in [0.05, 0.1) is 5.52 Å². The molecule has 2 heterocycles. The van der Waals surface area contributed by atoms with E-state index in [0.29, 0.717) is 11.1 Å².